The number of carbonyl (C=O) groups excluding carboxylic acids is 1. The number of ether oxygens (including phenoxy) is 1. The van der Waals surface area contributed by atoms with Gasteiger partial charge in [0, 0.05) is 24.2 Å². The average Bonchev–Trinajstić information content (AvgIpc) is 3.12. The fraction of sp³-hybridized carbons (Fsp3) is 0.471. The van der Waals surface area contributed by atoms with Crippen molar-refractivity contribution in [1.82, 2.24) is 10.3 Å². The Kier molecular flexibility index (Phi) is 4.41. The molecule has 2 aromatic rings. The lowest BCUT2D eigenvalue weighted by atomic mass is 10.1. The molecule has 0 radical (unpaired) electrons. The molecule has 0 bridgehead atoms. The Bertz CT molecular complexity index is 702. The van der Waals surface area contributed by atoms with E-state index in [1.807, 2.05) is 19.1 Å². The summed E-state index contributed by atoms with van der Waals surface area (Å²) in [7, 11) is 0. The summed E-state index contributed by atoms with van der Waals surface area (Å²) in [6, 6.07) is 3.95. The summed E-state index contributed by atoms with van der Waals surface area (Å²) < 4.78 is 5.39. The molecule has 1 aliphatic rings. The molecule has 1 atom stereocenters. The van der Waals surface area contributed by atoms with Crippen molar-refractivity contribution in [3.63, 3.8) is 0 Å². The van der Waals surface area contributed by atoms with Gasteiger partial charge in [-0.3, -0.25) is 4.79 Å². The van der Waals surface area contributed by atoms with Crippen LogP contribution in [-0.2, 0) is 16.0 Å². The molecule has 3 rings (SSSR count). The number of rotatable bonds is 4. The number of nitrogens with one attached hydrogen (secondary N) is 2. The number of aromatic amines is 1. The summed E-state index contributed by atoms with van der Waals surface area (Å²) in [6.07, 6.45) is 2.28. The highest BCUT2D eigenvalue weighted by molar-refractivity contribution is 6.35. The molecule has 2 heterocycles. The lowest BCUT2D eigenvalue weighted by Crippen LogP contribution is -2.35. The molecular weight excluding hydrogens is 300 g/mol. The molecule has 1 saturated heterocycles. The molecule has 1 aromatic carbocycles. The molecule has 1 aromatic heterocycles. The summed E-state index contributed by atoms with van der Waals surface area (Å²) in [4.78, 5) is 15.4. The Labute approximate surface area is 135 Å². The highest BCUT2D eigenvalue weighted by Crippen LogP contribution is 2.31. The third kappa shape index (κ3) is 2.85. The number of aromatic nitrogens is 1. The molecule has 0 saturated carbocycles. The summed E-state index contributed by atoms with van der Waals surface area (Å²) in [5.74, 6) is -0.00253. The highest BCUT2D eigenvalue weighted by atomic mass is 35.5. The minimum absolute atomic E-state index is 0.00253. The quantitative estimate of drug-likeness (QED) is 0.908. The maximum absolute atomic E-state index is 12.0. The number of benzene rings is 1. The van der Waals surface area contributed by atoms with Gasteiger partial charge in [-0.15, -0.1) is 0 Å². The van der Waals surface area contributed by atoms with Gasteiger partial charge >= 0.3 is 0 Å². The van der Waals surface area contributed by atoms with E-state index in [1.165, 1.54) is 11.1 Å². The van der Waals surface area contributed by atoms with Crippen LogP contribution in [0.15, 0.2) is 12.1 Å². The van der Waals surface area contributed by atoms with Crippen LogP contribution in [0.1, 0.15) is 29.7 Å². The van der Waals surface area contributed by atoms with Gasteiger partial charge in [-0.05, 0) is 50.3 Å². The van der Waals surface area contributed by atoms with Gasteiger partial charge in [-0.2, -0.15) is 0 Å². The van der Waals surface area contributed by atoms with Gasteiger partial charge < -0.3 is 15.0 Å². The molecule has 5 heteroatoms. The van der Waals surface area contributed by atoms with E-state index in [2.05, 4.69) is 17.2 Å². The van der Waals surface area contributed by atoms with E-state index in [-0.39, 0.29) is 12.0 Å². The van der Waals surface area contributed by atoms with E-state index in [9.17, 15) is 4.79 Å². The fourth-order valence-corrected chi connectivity index (χ4v) is 3.38. The second-order valence-corrected chi connectivity index (χ2v) is 6.29. The number of carbonyl (C=O) groups is 1. The first-order chi connectivity index (χ1) is 10.6. The van der Waals surface area contributed by atoms with Gasteiger partial charge in [0.25, 0.3) is 0 Å². The minimum atomic E-state index is -0.269. The lowest BCUT2D eigenvalue weighted by molar-refractivity contribution is -0.129. The first kappa shape index (κ1) is 15.4. The Morgan fingerprint density at radius 2 is 2.27 bits per heavy atom. The van der Waals surface area contributed by atoms with E-state index in [1.54, 1.807) is 0 Å². The van der Waals surface area contributed by atoms with Crippen molar-refractivity contribution in [2.45, 2.75) is 39.2 Å². The standard InChI is InChI=1S/C17H21ClN2O2/c1-10-5-6-13(18)15-12(11(2)20-16(10)15)7-8-19-17(21)14-4-3-9-22-14/h5-6,14,20H,3-4,7-9H2,1-2H3,(H,19,21)/t14-/m1/s1. The van der Waals surface area contributed by atoms with Crippen LogP contribution in [0.3, 0.4) is 0 Å². The van der Waals surface area contributed by atoms with Gasteiger partial charge in [0.05, 0.1) is 10.5 Å². The van der Waals surface area contributed by atoms with Crippen LogP contribution in [0.4, 0.5) is 0 Å². The van der Waals surface area contributed by atoms with Crippen LogP contribution in [0.25, 0.3) is 10.9 Å². The summed E-state index contributed by atoms with van der Waals surface area (Å²) in [5, 5.41) is 4.80. The van der Waals surface area contributed by atoms with Crippen LogP contribution in [-0.4, -0.2) is 30.1 Å². The third-order valence-electron chi connectivity index (χ3n) is 4.33. The molecular formula is C17H21ClN2O2. The van der Waals surface area contributed by atoms with Gasteiger partial charge in [-0.25, -0.2) is 0 Å². The number of fused-ring (bicyclic) bond motifs is 1. The van der Waals surface area contributed by atoms with Gasteiger partial charge in [0.2, 0.25) is 5.91 Å². The molecule has 0 spiro atoms. The zero-order valence-corrected chi connectivity index (χ0v) is 13.7. The SMILES string of the molecule is Cc1[nH]c2c(C)ccc(Cl)c2c1CCNC(=O)[C@H]1CCCO1. The molecule has 118 valence electrons. The van der Waals surface area contributed by atoms with E-state index in [4.69, 9.17) is 16.3 Å². The summed E-state index contributed by atoms with van der Waals surface area (Å²) >= 11 is 6.37. The van der Waals surface area contributed by atoms with Crippen molar-refractivity contribution >= 4 is 28.4 Å². The van der Waals surface area contributed by atoms with Gasteiger partial charge in [0.15, 0.2) is 0 Å². The molecule has 0 aliphatic carbocycles. The number of H-pyrrole nitrogens is 1. The van der Waals surface area contributed by atoms with E-state index in [0.29, 0.717) is 13.2 Å². The third-order valence-corrected chi connectivity index (χ3v) is 4.64. The zero-order chi connectivity index (χ0) is 15.7. The summed E-state index contributed by atoms with van der Waals surface area (Å²) in [6.45, 7) is 5.40. The first-order valence-electron chi connectivity index (χ1n) is 7.73. The Morgan fingerprint density at radius 1 is 1.45 bits per heavy atom. The smallest absolute Gasteiger partial charge is 0.249 e. The largest absolute Gasteiger partial charge is 0.368 e. The molecule has 1 amide bonds. The van der Waals surface area contributed by atoms with Crippen molar-refractivity contribution < 1.29 is 9.53 Å². The van der Waals surface area contributed by atoms with Crippen molar-refractivity contribution in [3.05, 3.63) is 34.0 Å². The van der Waals surface area contributed by atoms with E-state index < -0.39 is 0 Å². The van der Waals surface area contributed by atoms with Gasteiger partial charge in [-0.1, -0.05) is 17.7 Å². The fourth-order valence-electron chi connectivity index (χ4n) is 3.11. The van der Waals surface area contributed by atoms with Crippen molar-refractivity contribution in [2.75, 3.05) is 13.2 Å². The Hall–Kier alpha value is -1.52. The average molecular weight is 321 g/mol. The van der Waals surface area contributed by atoms with Gasteiger partial charge in [0.1, 0.15) is 6.10 Å². The monoisotopic (exact) mass is 320 g/mol. The maximum atomic E-state index is 12.0. The van der Waals surface area contributed by atoms with Crippen LogP contribution in [0.2, 0.25) is 5.02 Å². The van der Waals surface area contributed by atoms with Crippen LogP contribution < -0.4 is 5.32 Å². The van der Waals surface area contributed by atoms with Crippen molar-refractivity contribution in [3.8, 4) is 0 Å². The van der Waals surface area contributed by atoms with Crippen LogP contribution in [0.5, 0.6) is 0 Å². The molecule has 1 aliphatic heterocycles. The first-order valence-corrected chi connectivity index (χ1v) is 8.11. The molecule has 22 heavy (non-hydrogen) atoms. The Morgan fingerprint density at radius 3 is 3.00 bits per heavy atom. The van der Waals surface area contributed by atoms with E-state index >= 15 is 0 Å². The van der Waals surface area contributed by atoms with Crippen LogP contribution in [0, 0.1) is 13.8 Å². The lowest BCUT2D eigenvalue weighted by Gasteiger charge is -2.10. The highest BCUT2D eigenvalue weighted by Gasteiger charge is 2.23. The predicted molar refractivity (Wildman–Crippen MR) is 88.5 cm³/mol. The molecule has 1 fully saturated rings. The molecule has 0 unspecified atom stereocenters. The number of hydrogen-bond acceptors (Lipinski definition) is 2. The summed E-state index contributed by atoms with van der Waals surface area (Å²) in [5.41, 5.74) is 4.55. The Balaban J connectivity index is 1.72. The minimum Gasteiger partial charge on any atom is -0.368 e. The van der Waals surface area contributed by atoms with Crippen molar-refractivity contribution in [2.24, 2.45) is 0 Å². The van der Waals surface area contributed by atoms with E-state index in [0.717, 1.165) is 40.9 Å². The predicted octanol–water partition coefficient (Wildman–Crippen LogP) is 3.28. The topological polar surface area (TPSA) is 54.1 Å². The normalized spacial score (nSPS) is 18.0. The van der Waals surface area contributed by atoms with Crippen molar-refractivity contribution in [1.29, 1.82) is 0 Å². The number of hydrogen-bond donors (Lipinski definition) is 2. The molecule has 2 N–H and O–H groups in total. The molecule has 4 nitrogen and oxygen atoms in total. The zero-order valence-electron chi connectivity index (χ0n) is 13.0. The second-order valence-electron chi connectivity index (χ2n) is 5.89. The second kappa shape index (κ2) is 6.31. The number of aryl methyl sites for hydroxylation is 2. The number of amides is 1. The number of halogens is 1. The van der Waals surface area contributed by atoms with Crippen LogP contribution >= 0.6 is 11.6 Å². The maximum Gasteiger partial charge on any atom is 0.249 e.